The van der Waals surface area contributed by atoms with Gasteiger partial charge in [0.1, 0.15) is 0 Å². The molecule has 1 N–H and O–H groups in total. The van der Waals surface area contributed by atoms with Gasteiger partial charge in [0.25, 0.3) is 0 Å². The zero-order chi connectivity index (χ0) is 18.1. The Balaban J connectivity index is 1.33. The van der Waals surface area contributed by atoms with E-state index in [1.165, 1.54) is 16.8 Å². The van der Waals surface area contributed by atoms with Gasteiger partial charge < -0.3 is 15.1 Å². The summed E-state index contributed by atoms with van der Waals surface area (Å²) in [6, 6.07) is 8.86. The average molecular weight is 371 g/mol. The molecule has 6 heteroatoms. The van der Waals surface area contributed by atoms with Gasteiger partial charge in [0.2, 0.25) is 0 Å². The maximum absolute atomic E-state index is 12.6. The molecule has 0 radical (unpaired) electrons. The Kier molecular flexibility index (Phi) is 4.87. The second-order valence-electron chi connectivity index (χ2n) is 7.20. The van der Waals surface area contributed by atoms with E-state index in [0.29, 0.717) is 6.04 Å². The predicted octanol–water partition coefficient (Wildman–Crippen LogP) is 3.65. The number of urea groups is 1. The van der Waals surface area contributed by atoms with Crippen LogP contribution in [0.3, 0.4) is 0 Å². The number of carbonyl (C=O) groups is 1. The third-order valence-corrected chi connectivity index (χ3v) is 6.34. The molecule has 4 rings (SSSR count). The summed E-state index contributed by atoms with van der Waals surface area (Å²) < 4.78 is 0. The summed E-state index contributed by atoms with van der Waals surface area (Å²) in [5, 5.41) is 7.42. The van der Waals surface area contributed by atoms with E-state index in [-0.39, 0.29) is 6.03 Å². The van der Waals surface area contributed by atoms with Crippen LogP contribution in [-0.4, -0.2) is 55.6 Å². The summed E-state index contributed by atoms with van der Waals surface area (Å²) in [5.41, 5.74) is 4.85. The number of nitrogens with zero attached hydrogens (tertiary/aromatic N) is 3. The van der Waals surface area contributed by atoms with Crippen molar-refractivity contribution in [3.63, 3.8) is 0 Å². The summed E-state index contributed by atoms with van der Waals surface area (Å²) in [6.07, 6.45) is 1.09. The Morgan fingerprint density at radius 1 is 1.15 bits per heavy atom. The standard InChI is InChI=1S/C20H26N4OS/c1-15(17-6-12-26-14-17)23-8-10-24(11-9-23)20(25)21-18-4-3-16-5-7-22(2)19(16)13-18/h3-4,6,12-15H,5,7-11H2,1-2H3,(H,21,25)/t15-/m1/s1. The summed E-state index contributed by atoms with van der Waals surface area (Å²) in [4.78, 5) is 19.3. The van der Waals surface area contributed by atoms with Gasteiger partial charge >= 0.3 is 6.03 Å². The number of thiophene rings is 1. The average Bonchev–Trinajstić information content (AvgIpc) is 3.32. The monoisotopic (exact) mass is 370 g/mol. The van der Waals surface area contributed by atoms with Gasteiger partial charge in [-0.2, -0.15) is 11.3 Å². The molecule has 1 saturated heterocycles. The number of fused-ring (bicyclic) bond motifs is 1. The fourth-order valence-corrected chi connectivity index (χ4v) is 4.60. The molecular formula is C20H26N4OS. The van der Waals surface area contributed by atoms with Crippen LogP contribution in [0.1, 0.15) is 24.1 Å². The lowest BCUT2D eigenvalue weighted by Gasteiger charge is -2.37. The van der Waals surface area contributed by atoms with E-state index in [4.69, 9.17) is 0 Å². The van der Waals surface area contributed by atoms with Gasteiger partial charge in [0, 0.05) is 57.2 Å². The minimum atomic E-state index is 0.00781. The van der Waals surface area contributed by atoms with Crippen molar-refractivity contribution >= 4 is 28.7 Å². The van der Waals surface area contributed by atoms with Crippen LogP contribution < -0.4 is 10.2 Å². The molecule has 0 spiro atoms. The van der Waals surface area contributed by atoms with Gasteiger partial charge in [-0.1, -0.05) is 6.07 Å². The third kappa shape index (κ3) is 3.44. The molecule has 1 aromatic carbocycles. The van der Waals surface area contributed by atoms with E-state index in [1.807, 2.05) is 11.0 Å². The van der Waals surface area contributed by atoms with E-state index in [0.717, 1.165) is 44.8 Å². The van der Waals surface area contributed by atoms with Crippen LogP contribution in [-0.2, 0) is 6.42 Å². The molecular weight excluding hydrogens is 344 g/mol. The molecule has 138 valence electrons. The normalized spacial score (nSPS) is 18.7. The van der Waals surface area contributed by atoms with Crippen LogP contribution in [0.4, 0.5) is 16.2 Å². The van der Waals surface area contributed by atoms with E-state index in [9.17, 15) is 4.79 Å². The van der Waals surface area contributed by atoms with Crippen molar-refractivity contribution in [3.05, 3.63) is 46.2 Å². The first-order valence-corrected chi connectivity index (χ1v) is 10.2. The van der Waals surface area contributed by atoms with Crippen LogP contribution in [0.25, 0.3) is 0 Å². The highest BCUT2D eigenvalue weighted by Crippen LogP contribution is 2.30. The van der Waals surface area contributed by atoms with Gasteiger partial charge in [-0.15, -0.1) is 0 Å². The Morgan fingerprint density at radius 3 is 2.69 bits per heavy atom. The Morgan fingerprint density at radius 2 is 1.96 bits per heavy atom. The molecule has 1 atom stereocenters. The van der Waals surface area contributed by atoms with E-state index in [2.05, 4.69) is 58.0 Å². The number of hydrogen-bond donors (Lipinski definition) is 1. The summed E-state index contributed by atoms with van der Waals surface area (Å²) in [5.74, 6) is 0. The van der Waals surface area contributed by atoms with Crippen molar-refractivity contribution in [3.8, 4) is 0 Å². The van der Waals surface area contributed by atoms with Crippen molar-refractivity contribution < 1.29 is 4.79 Å². The number of benzene rings is 1. The van der Waals surface area contributed by atoms with Crippen molar-refractivity contribution in [2.24, 2.45) is 0 Å². The summed E-state index contributed by atoms with van der Waals surface area (Å²) in [6.45, 7) is 6.67. The number of likely N-dealkylation sites (N-methyl/N-ethyl adjacent to an activating group) is 1. The fourth-order valence-electron chi connectivity index (χ4n) is 3.86. The molecule has 0 unspecified atom stereocenters. The molecule has 3 heterocycles. The zero-order valence-electron chi connectivity index (χ0n) is 15.4. The molecule has 26 heavy (non-hydrogen) atoms. The molecule has 1 fully saturated rings. The van der Waals surface area contributed by atoms with Crippen molar-refractivity contribution in [1.29, 1.82) is 0 Å². The first-order chi connectivity index (χ1) is 12.6. The highest BCUT2D eigenvalue weighted by molar-refractivity contribution is 7.07. The van der Waals surface area contributed by atoms with Gasteiger partial charge in [-0.05, 0) is 53.4 Å². The van der Waals surface area contributed by atoms with Crippen molar-refractivity contribution in [2.75, 3.05) is 50.0 Å². The summed E-state index contributed by atoms with van der Waals surface area (Å²) in [7, 11) is 2.10. The van der Waals surface area contributed by atoms with Crippen molar-refractivity contribution in [1.82, 2.24) is 9.80 Å². The molecule has 2 aliphatic rings. The Hall–Kier alpha value is -2.05. The lowest BCUT2D eigenvalue weighted by atomic mass is 10.1. The number of nitrogens with one attached hydrogen (secondary N) is 1. The van der Waals surface area contributed by atoms with E-state index in [1.54, 1.807) is 11.3 Å². The van der Waals surface area contributed by atoms with Crippen LogP contribution in [0.15, 0.2) is 35.0 Å². The lowest BCUT2D eigenvalue weighted by molar-refractivity contribution is 0.119. The predicted molar refractivity (Wildman–Crippen MR) is 108 cm³/mol. The highest BCUT2D eigenvalue weighted by Gasteiger charge is 2.25. The zero-order valence-corrected chi connectivity index (χ0v) is 16.3. The SMILES string of the molecule is C[C@H](c1ccsc1)N1CCN(C(=O)Nc2ccc3c(c2)N(C)CC3)CC1. The Labute approximate surface area is 159 Å². The van der Waals surface area contributed by atoms with Crippen LogP contribution in [0, 0.1) is 0 Å². The number of rotatable bonds is 3. The molecule has 0 bridgehead atoms. The van der Waals surface area contributed by atoms with Gasteiger partial charge in [0.15, 0.2) is 0 Å². The van der Waals surface area contributed by atoms with Crippen LogP contribution in [0.5, 0.6) is 0 Å². The van der Waals surface area contributed by atoms with Crippen LogP contribution >= 0.6 is 11.3 Å². The minimum absolute atomic E-state index is 0.00781. The lowest BCUT2D eigenvalue weighted by Crippen LogP contribution is -2.50. The number of carbonyl (C=O) groups excluding carboxylic acids is 1. The fraction of sp³-hybridized carbons (Fsp3) is 0.450. The van der Waals surface area contributed by atoms with Crippen molar-refractivity contribution in [2.45, 2.75) is 19.4 Å². The quantitative estimate of drug-likeness (QED) is 0.896. The summed E-state index contributed by atoms with van der Waals surface area (Å²) >= 11 is 1.74. The molecule has 0 saturated carbocycles. The molecule has 1 aromatic heterocycles. The molecule has 5 nitrogen and oxygen atoms in total. The molecule has 2 aromatic rings. The van der Waals surface area contributed by atoms with Gasteiger partial charge in [-0.25, -0.2) is 4.79 Å². The molecule has 2 amide bonds. The smallest absolute Gasteiger partial charge is 0.321 e. The molecule has 2 aliphatic heterocycles. The first kappa shape index (κ1) is 17.4. The minimum Gasteiger partial charge on any atom is -0.374 e. The first-order valence-electron chi connectivity index (χ1n) is 9.28. The topological polar surface area (TPSA) is 38.8 Å². The van der Waals surface area contributed by atoms with Gasteiger partial charge in [0.05, 0.1) is 0 Å². The van der Waals surface area contributed by atoms with E-state index >= 15 is 0 Å². The second-order valence-corrected chi connectivity index (χ2v) is 7.98. The number of piperazine rings is 1. The second kappa shape index (κ2) is 7.29. The van der Waals surface area contributed by atoms with Crippen LogP contribution in [0.2, 0.25) is 0 Å². The maximum Gasteiger partial charge on any atom is 0.321 e. The van der Waals surface area contributed by atoms with E-state index < -0.39 is 0 Å². The third-order valence-electron chi connectivity index (χ3n) is 5.64. The largest absolute Gasteiger partial charge is 0.374 e. The Bertz CT molecular complexity index is 768. The molecule has 0 aliphatic carbocycles. The number of anilines is 2. The maximum atomic E-state index is 12.6. The number of hydrogen-bond acceptors (Lipinski definition) is 4. The van der Waals surface area contributed by atoms with Gasteiger partial charge in [-0.3, -0.25) is 4.90 Å². The highest BCUT2D eigenvalue weighted by atomic mass is 32.1. The number of amides is 2.